The molecular weight excluding hydrogens is 469 g/mol. The summed E-state index contributed by atoms with van der Waals surface area (Å²) in [5.41, 5.74) is 9.06. The van der Waals surface area contributed by atoms with E-state index in [1.165, 1.54) is 5.56 Å². The fourth-order valence-electron chi connectivity index (χ4n) is 2.62. The van der Waals surface area contributed by atoms with E-state index in [0.717, 1.165) is 17.8 Å². The van der Waals surface area contributed by atoms with Crippen LogP contribution in [0.4, 0.5) is 5.69 Å². The number of imidazole rings is 1. The molecule has 0 amide bonds. The van der Waals surface area contributed by atoms with Crippen molar-refractivity contribution in [2.75, 3.05) is 19.5 Å². The van der Waals surface area contributed by atoms with Gasteiger partial charge in [0.05, 0.1) is 27.1 Å². The molecule has 0 aliphatic heterocycles. The fraction of sp³-hybridized carbons (Fsp3) is 0.200. The quantitative estimate of drug-likeness (QED) is 0.299. The topological polar surface area (TPSA) is 86.7 Å². The van der Waals surface area contributed by atoms with Crippen molar-refractivity contribution < 1.29 is 9.47 Å². The number of benzene rings is 2. The summed E-state index contributed by atoms with van der Waals surface area (Å²) in [7, 11) is 3.19. The second-order valence-corrected chi connectivity index (χ2v) is 5.95. The fourth-order valence-corrected chi connectivity index (χ4v) is 2.62. The van der Waals surface area contributed by atoms with Crippen LogP contribution in [0.15, 0.2) is 66.2 Å². The van der Waals surface area contributed by atoms with Gasteiger partial charge in [0.1, 0.15) is 0 Å². The van der Waals surface area contributed by atoms with Crippen LogP contribution in [-0.2, 0) is 13.1 Å². The number of nitrogens with one attached hydrogen (secondary N) is 1. The van der Waals surface area contributed by atoms with Crippen LogP contribution in [0.25, 0.3) is 0 Å². The van der Waals surface area contributed by atoms with Gasteiger partial charge in [-0.05, 0) is 23.3 Å². The molecular formula is C20H24IN5O2. The van der Waals surface area contributed by atoms with E-state index < -0.39 is 0 Å². The van der Waals surface area contributed by atoms with Crippen molar-refractivity contribution in [2.45, 2.75) is 13.1 Å². The number of halogens is 1. The lowest BCUT2D eigenvalue weighted by Gasteiger charge is -2.11. The highest BCUT2D eigenvalue weighted by Gasteiger charge is 2.05. The summed E-state index contributed by atoms with van der Waals surface area (Å²) in [4.78, 5) is 8.44. The Kier molecular flexibility index (Phi) is 8.12. The molecule has 0 radical (unpaired) electrons. The molecule has 3 aromatic rings. The molecule has 148 valence electrons. The van der Waals surface area contributed by atoms with E-state index >= 15 is 0 Å². The number of guanidine groups is 1. The number of anilines is 1. The first kappa shape index (κ1) is 21.5. The van der Waals surface area contributed by atoms with Crippen LogP contribution < -0.4 is 20.5 Å². The van der Waals surface area contributed by atoms with Gasteiger partial charge in [-0.2, -0.15) is 0 Å². The molecule has 3 N–H and O–H groups in total. The highest BCUT2D eigenvalue weighted by Crippen LogP contribution is 2.29. The largest absolute Gasteiger partial charge is 0.493 e. The van der Waals surface area contributed by atoms with E-state index in [4.69, 9.17) is 15.2 Å². The van der Waals surface area contributed by atoms with E-state index in [1.54, 1.807) is 26.7 Å². The summed E-state index contributed by atoms with van der Waals surface area (Å²) in [5.74, 6) is 1.63. The molecule has 0 aliphatic carbocycles. The summed E-state index contributed by atoms with van der Waals surface area (Å²) in [5, 5.41) is 3.06. The van der Waals surface area contributed by atoms with Crippen molar-refractivity contribution in [2.24, 2.45) is 10.7 Å². The molecule has 0 saturated carbocycles. The lowest BCUT2D eigenvalue weighted by Crippen LogP contribution is -2.22. The lowest BCUT2D eigenvalue weighted by molar-refractivity contribution is 0.355. The molecule has 3 rings (SSSR count). The summed E-state index contributed by atoms with van der Waals surface area (Å²) in [6.07, 6.45) is 5.52. The van der Waals surface area contributed by atoms with E-state index in [9.17, 15) is 0 Å². The first-order chi connectivity index (χ1) is 13.2. The molecule has 0 fully saturated rings. The Morgan fingerprint density at radius 3 is 2.43 bits per heavy atom. The highest BCUT2D eigenvalue weighted by molar-refractivity contribution is 14.0. The Hall–Kier alpha value is -2.75. The van der Waals surface area contributed by atoms with Gasteiger partial charge in [0.15, 0.2) is 17.5 Å². The van der Waals surface area contributed by atoms with Crippen LogP contribution >= 0.6 is 24.0 Å². The van der Waals surface area contributed by atoms with E-state index in [1.807, 2.05) is 29.0 Å². The number of nitrogens with zero attached hydrogens (tertiary/aromatic N) is 3. The molecule has 8 heteroatoms. The van der Waals surface area contributed by atoms with Gasteiger partial charge in [0.25, 0.3) is 0 Å². The third kappa shape index (κ3) is 5.88. The molecule has 0 aliphatic rings. The van der Waals surface area contributed by atoms with Gasteiger partial charge in [0, 0.05) is 30.7 Å². The Labute approximate surface area is 181 Å². The number of hydrogen-bond acceptors (Lipinski definition) is 4. The Balaban J connectivity index is 0.00000280. The Morgan fingerprint density at radius 1 is 1.07 bits per heavy atom. The molecule has 0 spiro atoms. The van der Waals surface area contributed by atoms with Gasteiger partial charge >= 0.3 is 0 Å². The molecule has 2 aromatic carbocycles. The third-order valence-electron chi connectivity index (χ3n) is 4.04. The first-order valence-corrected chi connectivity index (χ1v) is 8.50. The van der Waals surface area contributed by atoms with Crippen LogP contribution in [0.3, 0.4) is 0 Å². The van der Waals surface area contributed by atoms with Crippen LogP contribution in [0, 0.1) is 0 Å². The number of aromatic nitrogens is 2. The van der Waals surface area contributed by atoms with Crippen molar-refractivity contribution in [3.63, 3.8) is 0 Å². The van der Waals surface area contributed by atoms with Crippen molar-refractivity contribution >= 4 is 35.6 Å². The number of aliphatic imine (C=N–C) groups is 1. The minimum atomic E-state index is 0. The molecule has 0 bridgehead atoms. The number of methoxy groups -OCH3 is 2. The molecule has 28 heavy (non-hydrogen) atoms. The van der Waals surface area contributed by atoms with Gasteiger partial charge in [-0.25, -0.2) is 9.98 Å². The number of hydrogen-bond donors (Lipinski definition) is 2. The predicted molar refractivity (Wildman–Crippen MR) is 122 cm³/mol. The standard InChI is InChI=1S/C20H23N5O2.HI/c1-26-18-8-7-17(11-19(18)27-2)24-20(21)23-12-15-3-5-16(6-4-15)13-25-10-9-22-14-25;/h3-11,14H,12-13H2,1-2H3,(H3,21,23,24);1H. The van der Waals surface area contributed by atoms with Gasteiger partial charge in [0.2, 0.25) is 0 Å². The highest BCUT2D eigenvalue weighted by atomic mass is 127. The summed E-state index contributed by atoms with van der Waals surface area (Å²) in [6, 6.07) is 13.8. The second kappa shape index (κ2) is 10.5. The van der Waals surface area contributed by atoms with Crippen LogP contribution in [-0.4, -0.2) is 29.7 Å². The maximum atomic E-state index is 5.99. The van der Waals surface area contributed by atoms with Gasteiger partial charge in [-0.1, -0.05) is 24.3 Å². The number of ether oxygens (including phenoxy) is 2. The molecule has 1 aromatic heterocycles. The molecule has 0 atom stereocenters. The van der Waals surface area contributed by atoms with Crippen molar-refractivity contribution in [1.82, 2.24) is 9.55 Å². The molecule has 1 heterocycles. The molecule has 0 unspecified atom stereocenters. The summed E-state index contributed by atoms with van der Waals surface area (Å²) in [6.45, 7) is 1.30. The van der Waals surface area contributed by atoms with Crippen molar-refractivity contribution in [1.29, 1.82) is 0 Å². The Bertz CT molecular complexity index is 895. The van der Waals surface area contributed by atoms with Crippen LogP contribution in [0.5, 0.6) is 11.5 Å². The molecule has 7 nitrogen and oxygen atoms in total. The first-order valence-electron chi connectivity index (χ1n) is 8.50. The maximum Gasteiger partial charge on any atom is 0.193 e. The second-order valence-electron chi connectivity index (χ2n) is 5.95. The lowest BCUT2D eigenvalue weighted by atomic mass is 10.1. The van der Waals surface area contributed by atoms with E-state index in [-0.39, 0.29) is 24.0 Å². The third-order valence-corrected chi connectivity index (χ3v) is 4.04. The minimum absolute atomic E-state index is 0. The normalized spacial score (nSPS) is 10.9. The Morgan fingerprint density at radius 2 is 1.79 bits per heavy atom. The zero-order chi connectivity index (χ0) is 19.1. The van der Waals surface area contributed by atoms with Crippen molar-refractivity contribution in [3.05, 3.63) is 72.3 Å². The van der Waals surface area contributed by atoms with Crippen LogP contribution in [0.2, 0.25) is 0 Å². The van der Waals surface area contributed by atoms with Gasteiger partial charge < -0.3 is 25.1 Å². The molecule has 0 saturated heterocycles. The summed E-state index contributed by atoms with van der Waals surface area (Å²) >= 11 is 0. The average Bonchev–Trinajstić information content (AvgIpc) is 3.20. The smallest absolute Gasteiger partial charge is 0.193 e. The van der Waals surface area contributed by atoms with Gasteiger partial charge in [-0.3, -0.25) is 0 Å². The zero-order valence-corrected chi connectivity index (χ0v) is 18.2. The maximum absolute atomic E-state index is 5.99. The van der Waals surface area contributed by atoms with Crippen molar-refractivity contribution in [3.8, 4) is 11.5 Å². The van der Waals surface area contributed by atoms with Gasteiger partial charge in [-0.15, -0.1) is 24.0 Å². The average molecular weight is 493 g/mol. The van der Waals surface area contributed by atoms with E-state index in [0.29, 0.717) is 24.0 Å². The SMILES string of the molecule is COc1ccc(NC(N)=NCc2ccc(Cn3ccnc3)cc2)cc1OC.I. The number of nitrogens with two attached hydrogens (primary N) is 1. The zero-order valence-electron chi connectivity index (χ0n) is 15.8. The minimum Gasteiger partial charge on any atom is -0.493 e. The monoisotopic (exact) mass is 493 g/mol. The number of rotatable bonds is 7. The summed E-state index contributed by atoms with van der Waals surface area (Å²) < 4.78 is 12.5. The van der Waals surface area contributed by atoms with E-state index in [2.05, 4.69) is 39.6 Å². The predicted octanol–water partition coefficient (Wildman–Crippen LogP) is 3.49. The van der Waals surface area contributed by atoms with Crippen LogP contribution in [0.1, 0.15) is 11.1 Å².